The first-order valence-corrected chi connectivity index (χ1v) is 15.6. The molecule has 0 aliphatic carbocycles. The molecule has 4 aromatic rings. The van der Waals surface area contributed by atoms with Crippen molar-refractivity contribution < 1.29 is 13.2 Å². The summed E-state index contributed by atoms with van der Waals surface area (Å²) in [5, 5.41) is 3.53. The quantitative estimate of drug-likeness (QED) is 0.323. The fourth-order valence-electron chi connectivity index (χ4n) is 7.00. The summed E-state index contributed by atoms with van der Waals surface area (Å²) in [6.45, 7) is 7.29. The molecule has 2 N–H and O–H groups in total. The van der Waals surface area contributed by atoms with E-state index in [0.717, 1.165) is 66.4 Å². The van der Waals surface area contributed by atoms with Crippen molar-refractivity contribution in [2.24, 2.45) is 0 Å². The number of imidazole rings is 1. The van der Waals surface area contributed by atoms with Crippen LogP contribution in [0.1, 0.15) is 28.9 Å². The second kappa shape index (κ2) is 10.8. The van der Waals surface area contributed by atoms with Crippen LogP contribution in [0.4, 0.5) is 24.7 Å². The number of nitrogens with one attached hydrogen (secondary N) is 2. The zero-order valence-electron chi connectivity index (χ0n) is 25.5. The number of benzene rings is 1. The number of hydrogen-bond donors (Lipinski definition) is 2. The summed E-state index contributed by atoms with van der Waals surface area (Å²) in [4.78, 5) is 26.1. The number of halogens is 3. The van der Waals surface area contributed by atoms with Crippen LogP contribution in [0.5, 0.6) is 0 Å². The number of aromatic amines is 1. The molecule has 1 atom stereocenters. The van der Waals surface area contributed by atoms with Gasteiger partial charge in [0, 0.05) is 98.8 Å². The number of anilines is 2. The van der Waals surface area contributed by atoms with Gasteiger partial charge in [-0.25, -0.2) is 23.1 Å². The van der Waals surface area contributed by atoms with Gasteiger partial charge in [-0.3, -0.25) is 15.2 Å². The second-order valence-electron chi connectivity index (χ2n) is 12.8. The molecule has 234 valence electrons. The number of alkyl halides is 2. The minimum absolute atomic E-state index is 0.144. The highest BCUT2D eigenvalue weighted by Gasteiger charge is 2.40. The number of likely N-dealkylation sites (N-methyl/N-ethyl adjacent to an activating group) is 1. The Morgan fingerprint density at radius 2 is 1.91 bits per heavy atom. The van der Waals surface area contributed by atoms with E-state index in [-0.39, 0.29) is 24.9 Å². The summed E-state index contributed by atoms with van der Waals surface area (Å²) in [6, 6.07) is 5.84. The maximum absolute atomic E-state index is 17.1. The van der Waals surface area contributed by atoms with Crippen LogP contribution in [0.15, 0.2) is 42.9 Å². The van der Waals surface area contributed by atoms with E-state index in [1.165, 1.54) is 0 Å². The van der Waals surface area contributed by atoms with Gasteiger partial charge in [0.05, 0.1) is 24.8 Å². The van der Waals surface area contributed by atoms with Crippen molar-refractivity contribution in [2.45, 2.75) is 32.0 Å². The van der Waals surface area contributed by atoms with Crippen LogP contribution in [-0.4, -0.2) is 101 Å². The summed E-state index contributed by atoms with van der Waals surface area (Å²) in [5.41, 5.74) is 6.29. The van der Waals surface area contributed by atoms with Crippen LogP contribution in [0, 0.1) is 12.7 Å². The fraction of sp³-hybridized carbons (Fsp3) is 0.424. The van der Waals surface area contributed by atoms with Crippen LogP contribution in [0.2, 0.25) is 0 Å². The molecule has 4 aliphatic heterocycles. The summed E-state index contributed by atoms with van der Waals surface area (Å²) >= 11 is 0. The second-order valence-corrected chi connectivity index (χ2v) is 12.8. The molecule has 12 heteroatoms. The molecule has 0 bridgehead atoms. The summed E-state index contributed by atoms with van der Waals surface area (Å²) in [6.07, 6.45) is 7.15. The van der Waals surface area contributed by atoms with Gasteiger partial charge in [0.15, 0.2) is 5.82 Å². The number of aromatic nitrogens is 4. The van der Waals surface area contributed by atoms with Crippen LogP contribution in [-0.2, 0) is 6.54 Å². The Hall–Kier alpha value is -4.00. The van der Waals surface area contributed by atoms with Crippen molar-refractivity contribution >= 4 is 28.1 Å². The summed E-state index contributed by atoms with van der Waals surface area (Å²) < 4.78 is 44.8. The van der Waals surface area contributed by atoms with Gasteiger partial charge in [0.2, 0.25) is 0 Å². The molecule has 1 aromatic carbocycles. The van der Waals surface area contributed by atoms with Gasteiger partial charge in [-0.05, 0) is 43.3 Å². The van der Waals surface area contributed by atoms with Gasteiger partial charge in [-0.15, -0.1) is 0 Å². The molecule has 9 nitrogen and oxygen atoms in total. The molecular formula is C33H36F3N9. The molecular weight excluding hydrogens is 579 g/mol. The number of pyridine rings is 2. The van der Waals surface area contributed by atoms with Crippen LogP contribution in [0.3, 0.4) is 0 Å². The Bertz CT molecular complexity index is 1810. The van der Waals surface area contributed by atoms with Crippen molar-refractivity contribution in [3.63, 3.8) is 0 Å². The highest BCUT2D eigenvalue weighted by molar-refractivity contribution is 5.94. The van der Waals surface area contributed by atoms with Gasteiger partial charge >= 0.3 is 0 Å². The van der Waals surface area contributed by atoms with Crippen molar-refractivity contribution in [3.8, 4) is 11.1 Å². The maximum atomic E-state index is 17.1. The van der Waals surface area contributed by atoms with Crippen LogP contribution >= 0.6 is 0 Å². The van der Waals surface area contributed by atoms with Gasteiger partial charge in [0.25, 0.3) is 5.92 Å². The van der Waals surface area contributed by atoms with E-state index >= 15 is 4.39 Å². The monoisotopic (exact) mass is 615 g/mol. The number of rotatable bonds is 5. The van der Waals surface area contributed by atoms with E-state index in [0.29, 0.717) is 47.7 Å². The first-order chi connectivity index (χ1) is 21.7. The highest BCUT2D eigenvalue weighted by atomic mass is 19.3. The summed E-state index contributed by atoms with van der Waals surface area (Å²) in [5.74, 6) is -1.59. The molecule has 0 spiro atoms. The predicted octanol–water partition coefficient (Wildman–Crippen LogP) is 4.24. The molecule has 3 aromatic heterocycles. The topological polar surface area (TPSA) is 79.2 Å². The molecule has 1 unspecified atom stereocenters. The van der Waals surface area contributed by atoms with Gasteiger partial charge < -0.3 is 19.7 Å². The van der Waals surface area contributed by atoms with Crippen molar-refractivity contribution in [2.75, 3.05) is 69.2 Å². The van der Waals surface area contributed by atoms with Crippen molar-refractivity contribution in [1.82, 2.24) is 35.1 Å². The average molecular weight is 616 g/mol. The molecule has 0 saturated carbocycles. The lowest BCUT2D eigenvalue weighted by molar-refractivity contribution is 0.0115. The van der Waals surface area contributed by atoms with Crippen molar-refractivity contribution in [1.29, 1.82) is 0 Å². The lowest BCUT2D eigenvalue weighted by Gasteiger charge is -2.33. The Kier molecular flexibility index (Phi) is 6.84. The lowest BCUT2D eigenvalue weighted by Crippen LogP contribution is -2.44. The molecule has 4 aliphatic rings. The Morgan fingerprint density at radius 3 is 2.71 bits per heavy atom. The molecule has 7 heterocycles. The van der Waals surface area contributed by atoms with Crippen LogP contribution in [0.25, 0.3) is 27.7 Å². The Labute approximate surface area is 259 Å². The number of H-pyrrole nitrogens is 1. The first-order valence-electron chi connectivity index (χ1n) is 15.6. The molecule has 8 rings (SSSR count). The number of hydrogen-bond acceptors (Lipinski definition) is 8. The third kappa shape index (κ3) is 5.24. The number of nitrogens with zero attached hydrogens (tertiary/aromatic N) is 7. The number of fused-ring (bicyclic) bond motifs is 4. The van der Waals surface area contributed by atoms with Crippen LogP contribution < -0.4 is 15.1 Å². The standard InChI is InChI=1S/C33H36F3N9/c1-20-13-25-28(29(34)27(20)22-14-21(15-37-16-22)17-43-8-5-33(35,36)19-43)23(3-6-38-26-18-45(25)26)31-40-24-4-7-39-32(30(24)41-31)44-11-9-42(2)10-12-44/h3-4,7,13-16,26,38H,5-6,8-12,17-19H2,1-2H3,(H,40,41). The SMILES string of the molecule is Cc1cc2c(c(F)c1-c1cncc(CN3CCC(F)(F)C3)c1)C(c1nc3c(N4CCN(C)CC4)nccc3[nH]1)=CCNC1CN21. The fourth-order valence-corrected chi connectivity index (χ4v) is 7.00. The van der Waals surface area contributed by atoms with E-state index in [9.17, 15) is 8.78 Å². The lowest BCUT2D eigenvalue weighted by atomic mass is 9.91. The van der Waals surface area contributed by atoms with Gasteiger partial charge in [0.1, 0.15) is 17.2 Å². The highest BCUT2D eigenvalue weighted by Crippen LogP contribution is 2.44. The average Bonchev–Trinajstić information content (AvgIpc) is 3.48. The maximum Gasteiger partial charge on any atom is 0.261 e. The van der Waals surface area contributed by atoms with E-state index in [4.69, 9.17) is 9.97 Å². The van der Waals surface area contributed by atoms with E-state index in [1.54, 1.807) is 23.5 Å². The Balaban J connectivity index is 1.21. The summed E-state index contributed by atoms with van der Waals surface area (Å²) in [7, 11) is 2.12. The van der Waals surface area contributed by atoms with E-state index in [2.05, 4.69) is 37.0 Å². The normalized spacial score (nSPS) is 21.8. The molecule has 45 heavy (non-hydrogen) atoms. The third-order valence-electron chi connectivity index (χ3n) is 9.47. The zero-order valence-corrected chi connectivity index (χ0v) is 25.5. The van der Waals surface area contributed by atoms with E-state index in [1.807, 2.05) is 31.2 Å². The van der Waals surface area contributed by atoms with E-state index < -0.39 is 5.92 Å². The molecule has 0 amide bonds. The Morgan fingerprint density at radius 1 is 1.07 bits per heavy atom. The molecule has 3 fully saturated rings. The van der Waals surface area contributed by atoms with Crippen molar-refractivity contribution in [3.05, 3.63) is 71.2 Å². The third-order valence-corrected chi connectivity index (χ3v) is 9.47. The molecule has 3 saturated heterocycles. The number of aryl methyl sites for hydroxylation is 1. The minimum atomic E-state index is -2.67. The van der Waals surface area contributed by atoms with Gasteiger partial charge in [-0.1, -0.05) is 6.08 Å². The van der Waals surface area contributed by atoms with Gasteiger partial charge in [-0.2, -0.15) is 0 Å². The number of piperazine rings is 1. The minimum Gasteiger partial charge on any atom is -0.352 e. The zero-order chi connectivity index (χ0) is 30.9. The predicted molar refractivity (Wildman–Crippen MR) is 169 cm³/mol. The largest absolute Gasteiger partial charge is 0.352 e. The number of likely N-dealkylation sites (tertiary alicyclic amines) is 1. The molecule has 0 radical (unpaired) electrons. The smallest absolute Gasteiger partial charge is 0.261 e. The first kappa shape index (κ1) is 28.5.